The van der Waals surface area contributed by atoms with E-state index in [0.717, 1.165) is 57.5 Å². The highest BCUT2D eigenvalue weighted by Gasteiger charge is 2.28. The van der Waals surface area contributed by atoms with Crippen LogP contribution in [0.5, 0.6) is 0 Å². The summed E-state index contributed by atoms with van der Waals surface area (Å²) in [6.07, 6.45) is 4.46. The highest BCUT2D eigenvalue weighted by atomic mass is 35.5. The molecular weight excluding hydrogens is 407 g/mol. The van der Waals surface area contributed by atoms with Crippen LogP contribution in [0.2, 0.25) is 5.02 Å². The number of aryl methyl sites for hydroxylation is 1. The van der Waals surface area contributed by atoms with Crippen molar-refractivity contribution in [2.24, 2.45) is 0 Å². The molecule has 3 aromatic rings. The van der Waals surface area contributed by atoms with Crippen LogP contribution in [0.15, 0.2) is 53.4 Å². The minimum absolute atomic E-state index is 0.314. The molecule has 0 fully saturated rings. The quantitative estimate of drug-likeness (QED) is 0.340. The summed E-state index contributed by atoms with van der Waals surface area (Å²) in [6, 6.07) is 14.6. The molecule has 1 aliphatic carbocycles. The van der Waals surface area contributed by atoms with E-state index in [0.29, 0.717) is 10.6 Å². The van der Waals surface area contributed by atoms with E-state index in [1.807, 2.05) is 42.7 Å². The molecule has 29 heavy (non-hydrogen) atoms. The van der Waals surface area contributed by atoms with E-state index in [1.165, 1.54) is 31.0 Å². The fraction of sp³-hybridized carbons (Fsp3) is 0.208. The third kappa shape index (κ3) is 3.67. The largest absolute Gasteiger partial charge is 0.465 e. The molecule has 0 aromatic heterocycles. The lowest BCUT2D eigenvalue weighted by Gasteiger charge is -2.21. The maximum Gasteiger partial charge on any atom is 0.339 e. The normalized spacial score (nSPS) is 12.7. The molecule has 0 heterocycles. The molecule has 148 valence electrons. The van der Waals surface area contributed by atoms with Crippen molar-refractivity contribution in [1.29, 1.82) is 0 Å². The SMILES string of the molecule is COC(=O)c1c(SC)cc(-c2cccc(Cl)c2)c2c1-c1cc(F)ccc1CCC2. The van der Waals surface area contributed by atoms with Gasteiger partial charge in [-0.1, -0.05) is 29.8 Å². The van der Waals surface area contributed by atoms with Crippen molar-refractivity contribution < 1.29 is 13.9 Å². The first-order chi connectivity index (χ1) is 14.0. The average molecular weight is 427 g/mol. The first-order valence-electron chi connectivity index (χ1n) is 9.40. The summed E-state index contributed by atoms with van der Waals surface area (Å²) in [6.45, 7) is 0. The van der Waals surface area contributed by atoms with Crippen molar-refractivity contribution >= 4 is 29.3 Å². The summed E-state index contributed by atoms with van der Waals surface area (Å²) in [5.41, 5.74) is 6.16. The third-order valence-corrected chi connectivity index (χ3v) is 6.35. The molecule has 4 rings (SSSR count). The van der Waals surface area contributed by atoms with E-state index in [9.17, 15) is 9.18 Å². The van der Waals surface area contributed by atoms with E-state index in [4.69, 9.17) is 16.3 Å². The molecule has 1 aliphatic rings. The molecule has 0 saturated heterocycles. The molecule has 0 saturated carbocycles. The van der Waals surface area contributed by atoms with Crippen LogP contribution in [-0.2, 0) is 17.6 Å². The monoisotopic (exact) mass is 426 g/mol. The Kier molecular flexibility index (Phi) is 5.66. The number of halogens is 2. The maximum atomic E-state index is 14.3. The van der Waals surface area contributed by atoms with Crippen LogP contribution >= 0.6 is 23.4 Å². The minimum atomic E-state index is -0.402. The van der Waals surface area contributed by atoms with E-state index >= 15 is 0 Å². The molecule has 5 heteroatoms. The number of ether oxygens (including phenoxy) is 1. The Labute approximate surface area is 179 Å². The molecule has 0 atom stereocenters. The van der Waals surface area contributed by atoms with Crippen molar-refractivity contribution in [3.8, 4) is 22.3 Å². The first-order valence-corrected chi connectivity index (χ1v) is 11.0. The average Bonchev–Trinajstić information content (AvgIpc) is 2.91. The van der Waals surface area contributed by atoms with Crippen LogP contribution in [0.1, 0.15) is 27.9 Å². The van der Waals surface area contributed by atoms with Gasteiger partial charge in [-0.3, -0.25) is 0 Å². The molecule has 0 amide bonds. The zero-order valence-corrected chi connectivity index (χ0v) is 17.8. The highest BCUT2D eigenvalue weighted by Crippen LogP contribution is 2.44. The third-order valence-electron chi connectivity index (χ3n) is 5.36. The zero-order chi connectivity index (χ0) is 20.5. The van der Waals surface area contributed by atoms with Crippen molar-refractivity contribution in [1.82, 2.24) is 0 Å². The first kappa shape index (κ1) is 20.0. The molecule has 0 N–H and O–H groups in total. The Morgan fingerprint density at radius 1 is 1.10 bits per heavy atom. The van der Waals surface area contributed by atoms with Gasteiger partial charge in [-0.15, -0.1) is 11.8 Å². The number of thioether (sulfide) groups is 1. The number of hydrogen-bond donors (Lipinski definition) is 0. The summed E-state index contributed by atoms with van der Waals surface area (Å²) in [5, 5.41) is 0.652. The standard InChI is InChI=1S/C24H20ClFO2S/c1-28-24(27)23-21(29-2)13-19(15-6-3-7-16(25)11-15)18-8-4-5-14-9-10-17(26)12-20(14)22(18)23/h3,6-7,9-13H,4-5,8H2,1-2H3. The number of fused-ring (bicyclic) bond motifs is 3. The van der Waals surface area contributed by atoms with E-state index < -0.39 is 5.97 Å². The molecule has 2 nitrogen and oxygen atoms in total. The molecule has 0 aliphatic heterocycles. The van der Waals surface area contributed by atoms with Crippen LogP contribution in [0.4, 0.5) is 4.39 Å². The molecule has 0 unspecified atom stereocenters. The van der Waals surface area contributed by atoms with E-state index in [-0.39, 0.29) is 5.82 Å². The number of methoxy groups -OCH3 is 1. The van der Waals surface area contributed by atoms with Crippen LogP contribution in [0.25, 0.3) is 22.3 Å². The predicted molar refractivity (Wildman–Crippen MR) is 117 cm³/mol. The lowest BCUT2D eigenvalue weighted by molar-refractivity contribution is 0.0597. The van der Waals surface area contributed by atoms with E-state index in [1.54, 1.807) is 0 Å². The fourth-order valence-electron chi connectivity index (χ4n) is 4.09. The number of carbonyl (C=O) groups excluding carboxylic acids is 1. The highest BCUT2D eigenvalue weighted by molar-refractivity contribution is 7.98. The van der Waals surface area contributed by atoms with Crippen LogP contribution in [0.3, 0.4) is 0 Å². The van der Waals surface area contributed by atoms with Crippen LogP contribution in [-0.4, -0.2) is 19.3 Å². The number of hydrogen-bond acceptors (Lipinski definition) is 3. The Bertz CT molecular complexity index is 1110. The second-order valence-corrected chi connectivity index (χ2v) is 8.30. The van der Waals surface area contributed by atoms with Gasteiger partial charge in [0.25, 0.3) is 0 Å². The Hall–Kier alpha value is -2.30. The fourth-order valence-corrected chi connectivity index (χ4v) is 4.91. The van der Waals surface area contributed by atoms with Gasteiger partial charge in [0.1, 0.15) is 5.82 Å². The van der Waals surface area contributed by atoms with Gasteiger partial charge in [-0.05, 0) is 83.7 Å². The van der Waals surface area contributed by atoms with Gasteiger partial charge in [0, 0.05) is 15.5 Å². The number of esters is 1. The Morgan fingerprint density at radius 3 is 2.66 bits per heavy atom. The topological polar surface area (TPSA) is 26.3 Å². The van der Waals surface area contributed by atoms with Gasteiger partial charge in [0.15, 0.2) is 0 Å². The van der Waals surface area contributed by atoms with Crippen LogP contribution < -0.4 is 0 Å². The minimum Gasteiger partial charge on any atom is -0.465 e. The number of rotatable bonds is 3. The predicted octanol–water partition coefficient (Wildman–Crippen LogP) is 6.81. The number of benzene rings is 3. The van der Waals surface area contributed by atoms with Crippen molar-refractivity contribution in [3.63, 3.8) is 0 Å². The smallest absolute Gasteiger partial charge is 0.339 e. The Morgan fingerprint density at radius 2 is 1.93 bits per heavy atom. The Balaban J connectivity index is 2.14. The summed E-state index contributed by atoms with van der Waals surface area (Å²) in [7, 11) is 1.38. The maximum absolute atomic E-state index is 14.3. The van der Waals surface area contributed by atoms with Gasteiger partial charge in [0.05, 0.1) is 12.7 Å². The van der Waals surface area contributed by atoms with Gasteiger partial charge in [-0.2, -0.15) is 0 Å². The summed E-state index contributed by atoms with van der Waals surface area (Å²) in [5.74, 6) is -0.716. The second-order valence-electron chi connectivity index (χ2n) is 7.01. The van der Waals surface area contributed by atoms with Gasteiger partial charge in [0.2, 0.25) is 0 Å². The molecule has 3 aromatic carbocycles. The van der Waals surface area contributed by atoms with Gasteiger partial charge >= 0.3 is 5.97 Å². The molecule has 0 spiro atoms. The lowest BCUT2D eigenvalue weighted by Crippen LogP contribution is -2.09. The summed E-state index contributed by atoms with van der Waals surface area (Å²) < 4.78 is 19.4. The molecular formula is C24H20ClFO2S. The van der Waals surface area contributed by atoms with Crippen LogP contribution in [0, 0.1) is 5.82 Å². The second kappa shape index (κ2) is 8.21. The van der Waals surface area contributed by atoms with Crippen molar-refractivity contribution in [3.05, 3.63) is 76.1 Å². The summed E-state index contributed by atoms with van der Waals surface area (Å²) in [4.78, 5) is 13.6. The van der Waals surface area contributed by atoms with E-state index in [2.05, 4.69) is 0 Å². The number of carbonyl (C=O) groups is 1. The summed E-state index contributed by atoms with van der Waals surface area (Å²) >= 11 is 7.74. The van der Waals surface area contributed by atoms with Gasteiger partial charge in [-0.25, -0.2) is 9.18 Å². The van der Waals surface area contributed by atoms with Gasteiger partial charge < -0.3 is 4.74 Å². The lowest BCUT2D eigenvalue weighted by atomic mass is 9.86. The molecule has 0 bridgehead atoms. The van der Waals surface area contributed by atoms with Crippen molar-refractivity contribution in [2.45, 2.75) is 24.2 Å². The molecule has 0 radical (unpaired) electrons. The van der Waals surface area contributed by atoms with Crippen molar-refractivity contribution in [2.75, 3.05) is 13.4 Å². The zero-order valence-electron chi connectivity index (χ0n) is 16.2.